The molecule has 5 rings (SSSR count). The fourth-order valence-electron chi connectivity index (χ4n) is 4.08. The molecule has 1 saturated heterocycles. The molecule has 1 aromatic heterocycles. The van der Waals surface area contributed by atoms with Crippen molar-refractivity contribution in [1.82, 2.24) is 14.8 Å². The Morgan fingerprint density at radius 3 is 2.69 bits per heavy atom. The number of hydrogen-bond donors (Lipinski definition) is 1. The van der Waals surface area contributed by atoms with Gasteiger partial charge < -0.3 is 19.4 Å². The largest absolute Gasteiger partial charge is 0.454 e. The van der Waals surface area contributed by atoms with Crippen LogP contribution in [0.25, 0.3) is 10.9 Å². The summed E-state index contributed by atoms with van der Waals surface area (Å²) in [4.78, 5) is 20.4. The zero-order chi connectivity index (χ0) is 20.0. The highest BCUT2D eigenvalue weighted by molar-refractivity contribution is 6.00. The third-order valence-electron chi connectivity index (χ3n) is 5.74. The molecule has 6 nitrogen and oxygen atoms in total. The van der Waals surface area contributed by atoms with Gasteiger partial charge in [-0.25, -0.2) is 4.39 Å². The van der Waals surface area contributed by atoms with E-state index in [0.29, 0.717) is 18.8 Å². The van der Waals surface area contributed by atoms with Gasteiger partial charge >= 0.3 is 0 Å². The van der Waals surface area contributed by atoms with Crippen molar-refractivity contribution in [1.29, 1.82) is 0 Å². The van der Waals surface area contributed by atoms with Crippen LogP contribution in [-0.4, -0.2) is 53.7 Å². The second-order valence-corrected chi connectivity index (χ2v) is 7.57. The molecule has 0 saturated carbocycles. The summed E-state index contributed by atoms with van der Waals surface area (Å²) < 4.78 is 24.4. The molecule has 150 valence electrons. The number of hydrogen-bond acceptors (Lipinski definition) is 4. The summed E-state index contributed by atoms with van der Waals surface area (Å²) in [6.45, 7) is 5.87. The molecule has 3 aromatic rings. The molecule has 1 amide bonds. The van der Waals surface area contributed by atoms with Crippen molar-refractivity contribution in [3.05, 3.63) is 59.0 Å². The number of halogens is 1. The minimum Gasteiger partial charge on any atom is -0.454 e. The van der Waals surface area contributed by atoms with Crippen molar-refractivity contribution in [2.45, 2.75) is 13.5 Å². The Morgan fingerprint density at radius 1 is 1.07 bits per heavy atom. The third kappa shape index (κ3) is 3.31. The molecule has 0 unspecified atom stereocenters. The molecule has 0 radical (unpaired) electrons. The van der Waals surface area contributed by atoms with Crippen molar-refractivity contribution < 1.29 is 18.7 Å². The van der Waals surface area contributed by atoms with Crippen molar-refractivity contribution in [2.75, 3.05) is 33.0 Å². The Hall–Kier alpha value is -3.06. The van der Waals surface area contributed by atoms with Gasteiger partial charge in [0.1, 0.15) is 11.5 Å². The monoisotopic (exact) mass is 395 g/mol. The van der Waals surface area contributed by atoms with Crippen molar-refractivity contribution >= 4 is 16.8 Å². The van der Waals surface area contributed by atoms with E-state index < -0.39 is 0 Å². The number of aromatic nitrogens is 1. The fourth-order valence-corrected chi connectivity index (χ4v) is 4.08. The number of nitrogens with one attached hydrogen (secondary N) is 1. The highest BCUT2D eigenvalue weighted by Gasteiger charge is 2.25. The summed E-state index contributed by atoms with van der Waals surface area (Å²) in [5.74, 6) is 1.26. The SMILES string of the molecule is Cc1c(C(=O)N2CCN(Cc3ccc4c(c3)OCO4)CC2)[nH]c2ccc(F)cc12. The van der Waals surface area contributed by atoms with Gasteiger partial charge in [0.05, 0.1) is 0 Å². The molecule has 29 heavy (non-hydrogen) atoms. The molecule has 2 aliphatic heterocycles. The number of carbonyl (C=O) groups is 1. The van der Waals surface area contributed by atoms with E-state index in [9.17, 15) is 9.18 Å². The number of benzene rings is 2. The number of aryl methyl sites for hydroxylation is 1. The Bertz CT molecular complexity index is 1090. The summed E-state index contributed by atoms with van der Waals surface area (Å²) in [6.07, 6.45) is 0. The Balaban J connectivity index is 1.25. The average Bonchev–Trinajstić information content (AvgIpc) is 3.32. The molecule has 0 atom stereocenters. The number of ether oxygens (including phenoxy) is 2. The van der Waals surface area contributed by atoms with Crippen LogP contribution < -0.4 is 9.47 Å². The molecule has 1 fully saturated rings. The maximum absolute atomic E-state index is 13.5. The van der Waals surface area contributed by atoms with E-state index in [-0.39, 0.29) is 18.5 Å². The molecular formula is C22H22FN3O3. The van der Waals surface area contributed by atoms with Gasteiger partial charge in [0, 0.05) is 43.6 Å². The molecule has 0 bridgehead atoms. The molecule has 1 N–H and O–H groups in total. The summed E-state index contributed by atoms with van der Waals surface area (Å²) in [5.41, 5.74) is 3.30. The van der Waals surface area contributed by atoms with Gasteiger partial charge in [0.15, 0.2) is 11.5 Å². The van der Waals surface area contributed by atoms with Crippen molar-refractivity contribution in [3.8, 4) is 11.5 Å². The summed E-state index contributed by atoms with van der Waals surface area (Å²) >= 11 is 0. The van der Waals surface area contributed by atoms with Crippen LogP contribution in [0.4, 0.5) is 4.39 Å². The number of aromatic amines is 1. The van der Waals surface area contributed by atoms with Crippen LogP contribution in [0.2, 0.25) is 0 Å². The Morgan fingerprint density at radius 2 is 1.86 bits per heavy atom. The first-order valence-corrected chi connectivity index (χ1v) is 9.76. The number of carbonyl (C=O) groups excluding carboxylic acids is 1. The van der Waals surface area contributed by atoms with Crippen LogP contribution in [-0.2, 0) is 6.54 Å². The van der Waals surface area contributed by atoms with E-state index in [1.165, 1.54) is 17.7 Å². The zero-order valence-corrected chi connectivity index (χ0v) is 16.2. The quantitative estimate of drug-likeness (QED) is 0.739. The Kier molecular flexibility index (Phi) is 4.39. The number of nitrogens with zero attached hydrogens (tertiary/aromatic N) is 2. The highest BCUT2D eigenvalue weighted by atomic mass is 19.1. The second-order valence-electron chi connectivity index (χ2n) is 7.57. The predicted octanol–water partition coefficient (Wildman–Crippen LogP) is 3.30. The van der Waals surface area contributed by atoms with Crippen LogP contribution in [0.5, 0.6) is 11.5 Å². The molecule has 0 spiro atoms. The first kappa shape index (κ1) is 18.0. The van der Waals surface area contributed by atoms with Gasteiger partial charge in [-0.15, -0.1) is 0 Å². The number of rotatable bonds is 3. The summed E-state index contributed by atoms with van der Waals surface area (Å²) in [6, 6.07) is 10.6. The van der Waals surface area contributed by atoms with Crippen molar-refractivity contribution in [2.24, 2.45) is 0 Å². The lowest BCUT2D eigenvalue weighted by atomic mass is 10.1. The van der Waals surface area contributed by atoms with E-state index in [1.807, 2.05) is 24.0 Å². The lowest BCUT2D eigenvalue weighted by Gasteiger charge is -2.34. The van der Waals surface area contributed by atoms with E-state index in [2.05, 4.69) is 16.0 Å². The van der Waals surface area contributed by atoms with Gasteiger partial charge in [0.2, 0.25) is 6.79 Å². The number of piperazine rings is 1. The summed E-state index contributed by atoms with van der Waals surface area (Å²) in [5, 5.41) is 0.759. The van der Waals surface area contributed by atoms with Crippen LogP contribution in [0.1, 0.15) is 21.6 Å². The van der Waals surface area contributed by atoms with Gasteiger partial charge in [0.25, 0.3) is 5.91 Å². The fraction of sp³-hybridized carbons (Fsp3) is 0.318. The molecule has 3 heterocycles. The van der Waals surface area contributed by atoms with Crippen LogP contribution >= 0.6 is 0 Å². The smallest absolute Gasteiger partial charge is 0.270 e. The lowest BCUT2D eigenvalue weighted by molar-refractivity contribution is 0.0623. The van der Waals surface area contributed by atoms with Crippen molar-refractivity contribution in [3.63, 3.8) is 0 Å². The predicted molar refractivity (Wildman–Crippen MR) is 107 cm³/mol. The van der Waals surface area contributed by atoms with Crippen LogP contribution in [0.3, 0.4) is 0 Å². The highest BCUT2D eigenvalue weighted by Crippen LogP contribution is 2.33. The topological polar surface area (TPSA) is 57.8 Å². The van der Waals surface area contributed by atoms with E-state index in [4.69, 9.17) is 9.47 Å². The molecule has 2 aliphatic rings. The summed E-state index contributed by atoms with van der Waals surface area (Å²) in [7, 11) is 0. The number of amides is 1. The average molecular weight is 395 g/mol. The molecular weight excluding hydrogens is 373 g/mol. The minimum atomic E-state index is -0.296. The minimum absolute atomic E-state index is 0.0261. The number of H-pyrrole nitrogens is 1. The van der Waals surface area contributed by atoms with E-state index in [0.717, 1.165) is 47.6 Å². The van der Waals surface area contributed by atoms with Crippen LogP contribution in [0, 0.1) is 12.7 Å². The number of fused-ring (bicyclic) bond motifs is 2. The van der Waals surface area contributed by atoms with E-state index >= 15 is 0 Å². The Labute approximate surface area is 167 Å². The zero-order valence-electron chi connectivity index (χ0n) is 16.2. The maximum Gasteiger partial charge on any atom is 0.270 e. The van der Waals surface area contributed by atoms with Gasteiger partial charge in [-0.05, 0) is 48.4 Å². The van der Waals surface area contributed by atoms with Gasteiger partial charge in [-0.3, -0.25) is 9.69 Å². The lowest BCUT2D eigenvalue weighted by Crippen LogP contribution is -2.48. The first-order valence-electron chi connectivity index (χ1n) is 9.76. The van der Waals surface area contributed by atoms with Crippen LogP contribution in [0.15, 0.2) is 36.4 Å². The first-order chi connectivity index (χ1) is 14.1. The third-order valence-corrected chi connectivity index (χ3v) is 5.74. The van der Waals surface area contributed by atoms with E-state index in [1.54, 1.807) is 6.07 Å². The maximum atomic E-state index is 13.5. The molecule has 0 aliphatic carbocycles. The molecule has 7 heteroatoms. The second kappa shape index (κ2) is 7.08. The van der Waals surface area contributed by atoms with Gasteiger partial charge in [-0.1, -0.05) is 6.07 Å². The normalized spacial score (nSPS) is 16.6. The van der Waals surface area contributed by atoms with Gasteiger partial charge in [-0.2, -0.15) is 0 Å². The molecule has 2 aromatic carbocycles. The standard InChI is InChI=1S/C22H22FN3O3/c1-14-17-11-16(23)3-4-18(17)24-21(14)22(27)26-8-6-25(7-9-26)12-15-2-5-19-20(10-15)29-13-28-19/h2-5,10-11,24H,6-9,12-13H2,1H3.